The number of aromatic nitrogens is 2. The second-order valence-electron chi connectivity index (χ2n) is 8.63. The van der Waals surface area contributed by atoms with Crippen molar-refractivity contribution < 1.29 is 27.5 Å². The van der Waals surface area contributed by atoms with Gasteiger partial charge >= 0.3 is 6.18 Å². The number of nitrogens with one attached hydrogen (secondary N) is 1. The monoisotopic (exact) mass is 473 g/mol. The van der Waals surface area contributed by atoms with E-state index in [1.165, 1.54) is 22.8 Å². The van der Waals surface area contributed by atoms with E-state index in [-0.39, 0.29) is 30.6 Å². The zero-order chi connectivity index (χ0) is 24.4. The molecule has 0 unspecified atom stereocenters. The van der Waals surface area contributed by atoms with Gasteiger partial charge in [-0.05, 0) is 29.3 Å². The maximum absolute atomic E-state index is 13.4. The Hall–Kier alpha value is -3.60. The number of rotatable bonds is 2. The number of nitrogen functional groups attached to an aromatic ring is 1. The van der Waals surface area contributed by atoms with E-state index in [1.54, 1.807) is 13.1 Å². The van der Waals surface area contributed by atoms with E-state index in [0.717, 1.165) is 23.3 Å². The molecular formula is C23H22F3N5O3. The van der Waals surface area contributed by atoms with Gasteiger partial charge in [-0.2, -0.15) is 13.2 Å². The molecule has 0 saturated heterocycles. The van der Waals surface area contributed by atoms with Crippen LogP contribution in [0.5, 0.6) is 0 Å². The topological polar surface area (TPSA) is 105 Å². The Morgan fingerprint density at radius 3 is 2.68 bits per heavy atom. The Kier molecular flexibility index (Phi) is 5.05. The number of nitrogens with zero attached hydrogens (tertiary/aromatic N) is 3. The Bertz CT molecular complexity index is 1330. The highest BCUT2D eigenvalue weighted by atomic mass is 19.4. The van der Waals surface area contributed by atoms with Gasteiger partial charge in [-0.3, -0.25) is 9.59 Å². The quantitative estimate of drug-likeness (QED) is 0.594. The van der Waals surface area contributed by atoms with E-state index in [4.69, 9.17) is 10.5 Å². The maximum Gasteiger partial charge on any atom is 0.416 e. The molecule has 0 bridgehead atoms. The number of hydrogen-bond acceptors (Lipinski definition) is 5. The molecule has 5 rings (SSSR count). The highest BCUT2D eigenvalue weighted by Crippen LogP contribution is 2.37. The van der Waals surface area contributed by atoms with Crippen molar-refractivity contribution in [3.63, 3.8) is 0 Å². The average Bonchev–Trinajstić information content (AvgIpc) is 3.43. The lowest BCUT2D eigenvalue weighted by molar-refractivity contribution is -0.137. The van der Waals surface area contributed by atoms with Crippen LogP contribution in [0.1, 0.15) is 51.3 Å². The molecule has 1 atom stereocenters. The van der Waals surface area contributed by atoms with Crippen molar-refractivity contribution in [2.75, 3.05) is 19.3 Å². The highest BCUT2D eigenvalue weighted by Gasteiger charge is 2.36. The van der Waals surface area contributed by atoms with Gasteiger partial charge in [-0.1, -0.05) is 6.07 Å². The molecule has 0 radical (unpaired) electrons. The summed E-state index contributed by atoms with van der Waals surface area (Å²) in [6, 6.07) is 4.42. The molecule has 0 fully saturated rings. The van der Waals surface area contributed by atoms with Crippen molar-refractivity contribution in [3.8, 4) is 0 Å². The molecule has 2 aromatic heterocycles. The molecule has 8 nitrogen and oxygen atoms in total. The van der Waals surface area contributed by atoms with Gasteiger partial charge in [0.2, 0.25) is 5.91 Å². The van der Waals surface area contributed by atoms with Crippen molar-refractivity contribution >= 4 is 28.7 Å². The minimum Gasteiger partial charge on any atom is -0.383 e. The van der Waals surface area contributed by atoms with Crippen LogP contribution in [0.4, 0.5) is 19.0 Å². The lowest BCUT2D eigenvalue weighted by atomic mass is 9.92. The summed E-state index contributed by atoms with van der Waals surface area (Å²) in [5.74, 6) is -0.314. The minimum absolute atomic E-state index is 0.0504. The van der Waals surface area contributed by atoms with Crippen molar-refractivity contribution in [1.29, 1.82) is 0 Å². The molecule has 4 heterocycles. The number of H-pyrrole nitrogens is 1. The van der Waals surface area contributed by atoms with Crippen molar-refractivity contribution in [2.24, 2.45) is 0 Å². The van der Waals surface area contributed by atoms with E-state index in [9.17, 15) is 22.8 Å². The number of halogens is 3. The zero-order valence-electron chi connectivity index (χ0n) is 18.5. The number of fused-ring (bicyclic) bond motifs is 4. The molecule has 34 heavy (non-hydrogen) atoms. The van der Waals surface area contributed by atoms with Gasteiger partial charge in [-0.15, -0.1) is 0 Å². The third-order valence-electron chi connectivity index (χ3n) is 6.55. The van der Waals surface area contributed by atoms with Crippen molar-refractivity contribution in [3.05, 3.63) is 57.8 Å². The van der Waals surface area contributed by atoms with Crippen LogP contribution in [0.25, 0.3) is 11.0 Å². The first-order chi connectivity index (χ1) is 16.0. The van der Waals surface area contributed by atoms with Crippen LogP contribution in [-0.2, 0) is 35.5 Å². The molecule has 3 N–H and O–H groups in total. The Labute approximate surface area is 192 Å². The molecule has 2 amide bonds. The number of nitrogens with two attached hydrogens (primary N) is 1. The molecule has 2 aliphatic rings. The zero-order valence-corrected chi connectivity index (χ0v) is 18.5. The summed E-state index contributed by atoms with van der Waals surface area (Å²) in [6.07, 6.45) is -4.51. The molecule has 178 valence electrons. The van der Waals surface area contributed by atoms with Gasteiger partial charge in [0.15, 0.2) is 0 Å². The second-order valence-corrected chi connectivity index (χ2v) is 8.63. The fourth-order valence-electron chi connectivity index (χ4n) is 4.68. The van der Waals surface area contributed by atoms with Crippen LogP contribution >= 0.6 is 0 Å². The van der Waals surface area contributed by atoms with Crippen molar-refractivity contribution in [2.45, 2.75) is 38.9 Å². The second kappa shape index (κ2) is 7.73. The molecule has 2 aliphatic heterocycles. The molecule has 11 heteroatoms. The first-order valence-electron chi connectivity index (χ1n) is 10.6. The Morgan fingerprint density at radius 1 is 1.24 bits per heavy atom. The first kappa shape index (κ1) is 22.2. The van der Waals surface area contributed by atoms with Gasteiger partial charge in [0.05, 0.1) is 35.9 Å². The fraction of sp³-hybridized carbons (Fsp3) is 0.348. The van der Waals surface area contributed by atoms with Crippen LogP contribution in [0.2, 0.25) is 0 Å². The van der Waals surface area contributed by atoms with Gasteiger partial charge < -0.3 is 25.3 Å². The maximum atomic E-state index is 13.4. The first-order valence-corrected chi connectivity index (χ1v) is 10.6. The molecule has 0 saturated carbocycles. The summed E-state index contributed by atoms with van der Waals surface area (Å²) in [5, 5.41) is 0. The lowest BCUT2D eigenvalue weighted by Crippen LogP contribution is -2.44. The molecule has 0 aliphatic carbocycles. The van der Waals surface area contributed by atoms with E-state index < -0.39 is 17.8 Å². The summed E-state index contributed by atoms with van der Waals surface area (Å²) in [5.41, 5.74) is 9.28. The predicted octanol–water partition coefficient (Wildman–Crippen LogP) is 3.37. The van der Waals surface area contributed by atoms with Gasteiger partial charge in [-0.25, -0.2) is 4.98 Å². The summed E-state index contributed by atoms with van der Waals surface area (Å²) >= 11 is 0. The molecule has 1 aromatic carbocycles. The number of carbonyl (C=O) groups excluding carboxylic acids is 2. The van der Waals surface area contributed by atoms with Gasteiger partial charge in [0.25, 0.3) is 5.91 Å². The smallest absolute Gasteiger partial charge is 0.383 e. The number of benzene rings is 1. The average molecular weight is 473 g/mol. The Balaban J connectivity index is 1.52. The summed E-state index contributed by atoms with van der Waals surface area (Å²) in [4.78, 5) is 35.9. The summed E-state index contributed by atoms with van der Waals surface area (Å²) in [6.45, 7) is 2.28. The van der Waals surface area contributed by atoms with Crippen LogP contribution in [0.3, 0.4) is 0 Å². The number of anilines is 1. The number of pyridine rings is 1. The molecule has 0 spiro atoms. The minimum atomic E-state index is -4.51. The van der Waals surface area contributed by atoms with E-state index in [1.807, 2.05) is 0 Å². The Morgan fingerprint density at radius 2 is 1.97 bits per heavy atom. The van der Waals surface area contributed by atoms with E-state index >= 15 is 0 Å². The summed E-state index contributed by atoms with van der Waals surface area (Å²) < 4.78 is 45.3. The number of amides is 2. The summed E-state index contributed by atoms with van der Waals surface area (Å²) in [7, 11) is 1.57. The standard InChI is InChI=1S/C23H22F3N5O3/c1-11(32)31-7-12-5-13(23(24,25)26)3-4-14(12)19(8-31)30(2)22(33)18-6-17-20(28-18)15-9-34-10-16(15)21(27)29-17/h3-6,19,28H,7-10H2,1-2H3,(H2,27,29)/t19-/m1/s1. The van der Waals surface area contributed by atoms with Gasteiger partial charge in [0, 0.05) is 38.2 Å². The normalized spacial score (nSPS) is 17.6. The van der Waals surface area contributed by atoms with E-state index in [2.05, 4.69) is 9.97 Å². The fourth-order valence-corrected chi connectivity index (χ4v) is 4.68. The van der Waals surface area contributed by atoms with Crippen LogP contribution in [-0.4, -0.2) is 45.2 Å². The van der Waals surface area contributed by atoms with Crippen LogP contribution < -0.4 is 5.73 Å². The molecular weight excluding hydrogens is 451 g/mol. The molecule has 3 aromatic rings. The number of alkyl halides is 3. The third-order valence-corrected chi connectivity index (χ3v) is 6.55. The largest absolute Gasteiger partial charge is 0.416 e. The number of carbonyl (C=O) groups is 2. The van der Waals surface area contributed by atoms with Gasteiger partial charge in [0.1, 0.15) is 11.5 Å². The predicted molar refractivity (Wildman–Crippen MR) is 116 cm³/mol. The lowest BCUT2D eigenvalue weighted by Gasteiger charge is -2.39. The number of hydrogen-bond donors (Lipinski definition) is 2. The van der Waals surface area contributed by atoms with Crippen molar-refractivity contribution in [1.82, 2.24) is 19.8 Å². The number of ether oxygens (including phenoxy) is 1. The van der Waals surface area contributed by atoms with E-state index in [0.29, 0.717) is 41.2 Å². The van der Waals surface area contributed by atoms with Crippen LogP contribution in [0, 0.1) is 0 Å². The number of likely N-dealkylation sites (N-methyl/N-ethyl adjacent to an activating group) is 1. The van der Waals surface area contributed by atoms with Crippen LogP contribution in [0.15, 0.2) is 24.3 Å². The SMILES string of the molecule is CC(=O)N1Cc2cc(C(F)(F)F)ccc2[C@H](N(C)C(=O)c2cc3nc(N)c4c(c3[nH]2)COC4)C1. The third kappa shape index (κ3) is 3.56. The highest BCUT2D eigenvalue weighted by molar-refractivity contribution is 5.98. The number of aromatic amines is 1.